The molecule has 0 atom stereocenters. The third-order valence-electron chi connectivity index (χ3n) is 2.83. The molecular formula is C14H19N5. The molecule has 0 saturated carbocycles. The van der Waals surface area contributed by atoms with Crippen LogP contribution < -0.4 is 11.3 Å². The highest BCUT2D eigenvalue weighted by Gasteiger charge is 2.12. The predicted octanol–water partition coefficient (Wildman–Crippen LogP) is 1.80. The zero-order valence-corrected chi connectivity index (χ0v) is 11.5. The molecule has 0 aliphatic rings. The van der Waals surface area contributed by atoms with Crippen molar-refractivity contribution >= 4 is 5.82 Å². The van der Waals surface area contributed by atoms with Crippen LogP contribution in [0.2, 0.25) is 0 Å². The van der Waals surface area contributed by atoms with Gasteiger partial charge in [0.25, 0.3) is 0 Å². The molecule has 0 fully saturated rings. The topological polar surface area (TPSA) is 67.1 Å². The smallest absolute Gasteiger partial charge is 0.147 e. The van der Waals surface area contributed by atoms with Crippen LogP contribution >= 0.6 is 0 Å². The number of hydrogen-bond acceptors (Lipinski definition) is 5. The largest absolute Gasteiger partial charge is 0.308 e. The van der Waals surface area contributed by atoms with Crippen molar-refractivity contribution in [3.63, 3.8) is 0 Å². The molecular weight excluding hydrogens is 238 g/mol. The van der Waals surface area contributed by atoms with Gasteiger partial charge in [0, 0.05) is 11.1 Å². The van der Waals surface area contributed by atoms with E-state index in [1.807, 2.05) is 56.3 Å². The normalized spacial score (nSPS) is 10.8. The minimum atomic E-state index is 0.672. The summed E-state index contributed by atoms with van der Waals surface area (Å²) < 4.78 is 0. The number of rotatable bonds is 4. The fraction of sp³-hybridized carbons (Fsp3) is 0.286. The number of benzene rings is 1. The number of aromatic nitrogens is 2. The van der Waals surface area contributed by atoms with Crippen LogP contribution in [0.5, 0.6) is 0 Å². The van der Waals surface area contributed by atoms with Gasteiger partial charge in [0.05, 0.1) is 12.2 Å². The second-order valence-corrected chi connectivity index (χ2v) is 4.71. The average molecular weight is 257 g/mol. The molecule has 5 nitrogen and oxygen atoms in total. The quantitative estimate of drug-likeness (QED) is 0.646. The molecule has 2 aromatic rings. The summed E-state index contributed by atoms with van der Waals surface area (Å²) in [5, 5.41) is 0. The Balaban J connectivity index is 2.52. The number of nitrogens with two attached hydrogens (primary N) is 1. The molecule has 0 unspecified atom stereocenters. The summed E-state index contributed by atoms with van der Waals surface area (Å²) in [5.74, 6) is 6.97. The number of nitrogen functional groups attached to an aromatic ring is 1. The van der Waals surface area contributed by atoms with Crippen molar-refractivity contribution in [3.8, 4) is 11.3 Å². The van der Waals surface area contributed by atoms with E-state index >= 15 is 0 Å². The van der Waals surface area contributed by atoms with Crippen molar-refractivity contribution in [2.75, 3.05) is 19.5 Å². The van der Waals surface area contributed by atoms with Gasteiger partial charge < -0.3 is 10.3 Å². The van der Waals surface area contributed by atoms with E-state index in [1.54, 1.807) is 0 Å². The summed E-state index contributed by atoms with van der Waals surface area (Å²) in [6.07, 6.45) is 0. The zero-order chi connectivity index (χ0) is 13.8. The van der Waals surface area contributed by atoms with Crippen LogP contribution in [-0.2, 0) is 6.54 Å². The summed E-state index contributed by atoms with van der Waals surface area (Å²) in [7, 11) is 3.97. The fourth-order valence-corrected chi connectivity index (χ4v) is 1.93. The van der Waals surface area contributed by atoms with Gasteiger partial charge in [-0.1, -0.05) is 30.3 Å². The van der Waals surface area contributed by atoms with Crippen molar-refractivity contribution in [1.29, 1.82) is 0 Å². The maximum Gasteiger partial charge on any atom is 0.147 e. The Kier molecular flexibility index (Phi) is 4.09. The van der Waals surface area contributed by atoms with Crippen LogP contribution in [0.25, 0.3) is 11.3 Å². The summed E-state index contributed by atoms with van der Waals surface area (Å²) in [6, 6.07) is 10.1. The van der Waals surface area contributed by atoms with E-state index < -0.39 is 0 Å². The SMILES string of the molecule is Cc1c(NN)nc(CN(C)C)nc1-c1ccccc1. The molecule has 0 aliphatic carbocycles. The van der Waals surface area contributed by atoms with Crippen molar-refractivity contribution in [3.05, 3.63) is 41.7 Å². The van der Waals surface area contributed by atoms with E-state index in [9.17, 15) is 0 Å². The van der Waals surface area contributed by atoms with Crippen molar-refractivity contribution in [2.24, 2.45) is 5.84 Å². The Morgan fingerprint density at radius 3 is 2.42 bits per heavy atom. The lowest BCUT2D eigenvalue weighted by Crippen LogP contribution is -2.17. The lowest BCUT2D eigenvalue weighted by atomic mass is 10.1. The molecule has 2 rings (SSSR count). The highest BCUT2D eigenvalue weighted by atomic mass is 15.3. The second kappa shape index (κ2) is 5.77. The van der Waals surface area contributed by atoms with Crippen LogP contribution in [0, 0.1) is 6.92 Å². The van der Waals surface area contributed by atoms with Crippen LogP contribution in [0.4, 0.5) is 5.82 Å². The molecule has 1 aromatic heterocycles. The van der Waals surface area contributed by atoms with Crippen molar-refractivity contribution in [2.45, 2.75) is 13.5 Å². The van der Waals surface area contributed by atoms with Gasteiger partial charge in [0.1, 0.15) is 11.6 Å². The Morgan fingerprint density at radius 1 is 1.16 bits per heavy atom. The first-order valence-corrected chi connectivity index (χ1v) is 6.16. The lowest BCUT2D eigenvalue weighted by molar-refractivity contribution is 0.390. The Bertz CT molecular complexity index is 551. The molecule has 0 radical (unpaired) electrons. The molecule has 5 heteroatoms. The monoisotopic (exact) mass is 257 g/mol. The fourth-order valence-electron chi connectivity index (χ4n) is 1.93. The molecule has 100 valence electrons. The first-order valence-electron chi connectivity index (χ1n) is 6.16. The van der Waals surface area contributed by atoms with Gasteiger partial charge in [-0.05, 0) is 21.0 Å². The van der Waals surface area contributed by atoms with Crippen LogP contribution in [0.1, 0.15) is 11.4 Å². The minimum Gasteiger partial charge on any atom is -0.308 e. The summed E-state index contributed by atoms with van der Waals surface area (Å²) in [5.41, 5.74) is 5.59. The minimum absolute atomic E-state index is 0.672. The van der Waals surface area contributed by atoms with E-state index in [-0.39, 0.29) is 0 Å². The maximum atomic E-state index is 5.54. The molecule has 1 heterocycles. The molecule has 0 bridgehead atoms. The third-order valence-corrected chi connectivity index (χ3v) is 2.83. The van der Waals surface area contributed by atoms with E-state index in [0.717, 1.165) is 22.6 Å². The van der Waals surface area contributed by atoms with Gasteiger partial charge in [0.15, 0.2) is 0 Å². The van der Waals surface area contributed by atoms with Gasteiger partial charge in [-0.2, -0.15) is 0 Å². The Morgan fingerprint density at radius 2 is 1.84 bits per heavy atom. The average Bonchev–Trinajstić information content (AvgIpc) is 2.41. The van der Waals surface area contributed by atoms with Gasteiger partial charge in [-0.15, -0.1) is 0 Å². The van der Waals surface area contributed by atoms with E-state index in [0.29, 0.717) is 12.4 Å². The standard InChI is InChI=1S/C14H19N5/c1-10-13(11-7-5-4-6-8-11)16-12(9-19(2)3)17-14(10)18-15/h4-8H,9,15H2,1-3H3,(H,16,17,18). The molecule has 1 aromatic carbocycles. The molecule has 0 saturated heterocycles. The first kappa shape index (κ1) is 13.5. The number of hydrazine groups is 1. The van der Waals surface area contributed by atoms with Gasteiger partial charge in [-0.25, -0.2) is 15.8 Å². The predicted molar refractivity (Wildman–Crippen MR) is 77.4 cm³/mol. The highest BCUT2D eigenvalue weighted by Crippen LogP contribution is 2.25. The van der Waals surface area contributed by atoms with E-state index in [1.165, 1.54) is 0 Å². The summed E-state index contributed by atoms with van der Waals surface area (Å²) in [4.78, 5) is 11.1. The first-order chi connectivity index (χ1) is 9.11. The number of hydrogen-bond donors (Lipinski definition) is 2. The number of nitrogens with zero attached hydrogens (tertiary/aromatic N) is 3. The summed E-state index contributed by atoms with van der Waals surface area (Å²) >= 11 is 0. The van der Waals surface area contributed by atoms with Gasteiger partial charge in [-0.3, -0.25) is 0 Å². The summed E-state index contributed by atoms with van der Waals surface area (Å²) in [6.45, 7) is 2.64. The number of nitrogens with one attached hydrogen (secondary N) is 1. The third kappa shape index (κ3) is 3.07. The molecule has 0 aliphatic heterocycles. The molecule has 0 spiro atoms. The van der Waals surface area contributed by atoms with E-state index in [2.05, 4.69) is 15.4 Å². The van der Waals surface area contributed by atoms with Crippen LogP contribution in [0.15, 0.2) is 30.3 Å². The van der Waals surface area contributed by atoms with Crippen molar-refractivity contribution < 1.29 is 0 Å². The zero-order valence-electron chi connectivity index (χ0n) is 11.5. The van der Waals surface area contributed by atoms with E-state index in [4.69, 9.17) is 5.84 Å². The van der Waals surface area contributed by atoms with Gasteiger partial charge in [0.2, 0.25) is 0 Å². The second-order valence-electron chi connectivity index (χ2n) is 4.71. The maximum absolute atomic E-state index is 5.54. The molecule has 0 amide bonds. The Hall–Kier alpha value is -1.98. The number of anilines is 1. The Labute approximate surface area is 113 Å². The lowest BCUT2D eigenvalue weighted by Gasteiger charge is -2.14. The highest BCUT2D eigenvalue weighted by molar-refractivity contribution is 5.67. The van der Waals surface area contributed by atoms with Crippen molar-refractivity contribution in [1.82, 2.24) is 14.9 Å². The molecule has 19 heavy (non-hydrogen) atoms. The molecule has 3 N–H and O–H groups in total. The van der Waals surface area contributed by atoms with Gasteiger partial charge >= 0.3 is 0 Å². The van der Waals surface area contributed by atoms with Crippen LogP contribution in [-0.4, -0.2) is 29.0 Å². The van der Waals surface area contributed by atoms with Crippen LogP contribution in [0.3, 0.4) is 0 Å².